The van der Waals surface area contributed by atoms with Crippen molar-refractivity contribution in [3.05, 3.63) is 83.9 Å². The monoisotopic (exact) mass is 432 g/mol. The third-order valence-corrected chi connectivity index (χ3v) is 5.45. The molecule has 0 aliphatic rings. The highest BCUT2D eigenvalue weighted by molar-refractivity contribution is 5.97. The van der Waals surface area contributed by atoms with E-state index in [1.165, 1.54) is 23.6 Å². The quantitative estimate of drug-likeness (QED) is 0.456. The molecule has 3 aromatic carbocycles. The van der Waals surface area contributed by atoms with E-state index in [4.69, 9.17) is 10.5 Å². The Labute approximate surface area is 190 Å². The van der Waals surface area contributed by atoms with Crippen molar-refractivity contribution in [3.8, 4) is 16.9 Å². The molecular weight excluding hydrogens is 400 g/mol. The van der Waals surface area contributed by atoms with Crippen molar-refractivity contribution in [2.75, 3.05) is 18.5 Å². The first kappa shape index (κ1) is 23.5. The minimum Gasteiger partial charge on any atom is -0.493 e. The van der Waals surface area contributed by atoms with E-state index in [1.807, 2.05) is 30.3 Å². The van der Waals surface area contributed by atoms with E-state index in [2.05, 4.69) is 55.6 Å². The van der Waals surface area contributed by atoms with Crippen LogP contribution >= 0.6 is 0 Å². The summed E-state index contributed by atoms with van der Waals surface area (Å²) in [5, 5.41) is 12.1. The van der Waals surface area contributed by atoms with Crippen molar-refractivity contribution in [1.82, 2.24) is 0 Å². The van der Waals surface area contributed by atoms with Crippen LogP contribution in [0.1, 0.15) is 37.8 Å². The molecule has 32 heavy (non-hydrogen) atoms. The molecule has 0 spiro atoms. The number of carbonyl (C=O) groups excluding carboxylic acids is 1. The lowest BCUT2D eigenvalue weighted by Gasteiger charge is -2.21. The first-order valence-corrected chi connectivity index (χ1v) is 10.9. The Hall–Kier alpha value is -3.15. The summed E-state index contributed by atoms with van der Waals surface area (Å²) < 4.78 is 6.09. The molecular formula is C27H32N2O3. The molecule has 0 saturated heterocycles. The van der Waals surface area contributed by atoms with Gasteiger partial charge in [0.1, 0.15) is 11.3 Å². The van der Waals surface area contributed by atoms with Crippen LogP contribution in [0.5, 0.6) is 5.75 Å². The van der Waals surface area contributed by atoms with Gasteiger partial charge in [0, 0.05) is 12.1 Å². The Morgan fingerprint density at radius 3 is 2.31 bits per heavy atom. The van der Waals surface area contributed by atoms with Gasteiger partial charge in [-0.05, 0) is 53.3 Å². The molecule has 3 aromatic rings. The van der Waals surface area contributed by atoms with Gasteiger partial charge in [-0.25, -0.2) is 0 Å². The molecule has 0 aliphatic carbocycles. The maximum absolute atomic E-state index is 12.2. The topological polar surface area (TPSA) is 84.6 Å². The number of nitrogens with one attached hydrogen (secondary N) is 1. The van der Waals surface area contributed by atoms with Gasteiger partial charge >= 0.3 is 0 Å². The van der Waals surface area contributed by atoms with Crippen LogP contribution in [0.25, 0.3) is 11.1 Å². The van der Waals surface area contributed by atoms with Gasteiger partial charge in [-0.1, -0.05) is 68.4 Å². The van der Waals surface area contributed by atoms with Gasteiger partial charge in [-0.15, -0.1) is 0 Å². The number of anilines is 1. The van der Waals surface area contributed by atoms with E-state index in [0.717, 1.165) is 17.7 Å². The van der Waals surface area contributed by atoms with Gasteiger partial charge in [0.2, 0.25) is 5.91 Å². The SMILES string of the molecule is CC(C)c1cc(NC(=O)[C@@](C)(N)CO)ccc1OCCc1ccc(-c2ccccc2)cc1. The van der Waals surface area contributed by atoms with Crippen LogP contribution in [0, 0.1) is 0 Å². The van der Waals surface area contributed by atoms with Crippen molar-refractivity contribution in [2.45, 2.75) is 38.6 Å². The molecule has 4 N–H and O–H groups in total. The van der Waals surface area contributed by atoms with Crippen LogP contribution in [0.15, 0.2) is 72.8 Å². The van der Waals surface area contributed by atoms with E-state index < -0.39 is 18.1 Å². The Morgan fingerprint density at radius 1 is 1.03 bits per heavy atom. The van der Waals surface area contributed by atoms with Gasteiger partial charge < -0.3 is 20.9 Å². The minimum atomic E-state index is -1.33. The number of ether oxygens (including phenoxy) is 1. The number of hydrogen-bond donors (Lipinski definition) is 3. The molecule has 5 nitrogen and oxygen atoms in total. The molecule has 0 bridgehead atoms. The summed E-state index contributed by atoms with van der Waals surface area (Å²) in [5.74, 6) is 0.591. The molecule has 5 heteroatoms. The standard InChI is InChI=1S/C27H32N2O3/c1-19(2)24-17-23(29-26(31)27(3,28)18-30)13-14-25(24)32-16-15-20-9-11-22(12-10-20)21-7-5-4-6-8-21/h4-14,17,19,30H,15-16,18,28H2,1-3H3,(H,29,31)/t27-/m0/s1. The van der Waals surface area contributed by atoms with Crippen molar-refractivity contribution in [2.24, 2.45) is 5.73 Å². The Kier molecular flexibility index (Phi) is 7.67. The number of carbonyl (C=O) groups is 1. The third-order valence-electron chi connectivity index (χ3n) is 5.45. The number of nitrogens with two attached hydrogens (primary N) is 1. The molecule has 0 aromatic heterocycles. The molecule has 0 radical (unpaired) electrons. The normalized spacial score (nSPS) is 12.9. The first-order valence-electron chi connectivity index (χ1n) is 10.9. The fraction of sp³-hybridized carbons (Fsp3) is 0.296. The maximum atomic E-state index is 12.2. The molecule has 1 atom stereocenters. The zero-order chi connectivity index (χ0) is 23.1. The summed E-state index contributed by atoms with van der Waals surface area (Å²) in [6.45, 7) is 5.79. The molecule has 168 valence electrons. The number of aliphatic hydroxyl groups excluding tert-OH is 1. The molecule has 1 amide bonds. The average Bonchev–Trinajstić information content (AvgIpc) is 2.80. The lowest BCUT2D eigenvalue weighted by atomic mass is 10.0. The van der Waals surface area contributed by atoms with E-state index in [9.17, 15) is 9.90 Å². The van der Waals surface area contributed by atoms with Gasteiger partial charge in [0.05, 0.1) is 13.2 Å². The lowest BCUT2D eigenvalue weighted by molar-refractivity contribution is -0.121. The number of amides is 1. The highest BCUT2D eigenvalue weighted by atomic mass is 16.5. The fourth-order valence-corrected chi connectivity index (χ4v) is 3.33. The Morgan fingerprint density at radius 2 is 1.69 bits per heavy atom. The van der Waals surface area contributed by atoms with Gasteiger partial charge in [0.15, 0.2) is 0 Å². The van der Waals surface area contributed by atoms with E-state index in [-0.39, 0.29) is 5.92 Å². The second-order valence-electron chi connectivity index (χ2n) is 8.60. The Balaban J connectivity index is 1.62. The summed E-state index contributed by atoms with van der Waals surface area (Å²) in [5.41, 5.74) is 9.74. The van der Waals surface area contributed by atoms with Crippen molar-refractivity contribution < 1.29 is 14.6 Å². The van der Waals surface area contributed by atoms with E-state index in [0.29, 0.717) is 12.3 Å². The number of aliphatic hydroxyl groups is 1. The summed E-state index contributed by atoms with van der Waals surface area (Å²) in [7, 11) is 0. The predicted molar refractivity (Wildman–Crippen MR) is 130 cm³/mol. The maximum Gasteiger partial charge on any atom is 0.246 e. The van der Waals surface area contributed by atoms with Gasteiger partial charge in [-0.3, -0.25) is 4.79 Å². The number of rotatable bonds is 9. The van der Waals surface area contributed by atoms with Crippen molar-refractivity contribution in [3.63, 3.8) is 0 Å². The zero-order valence-corrected chi connectivity index (χ0v) is 19.0. The van der Waals surface area contributed by atoms with Crippen LogP contribution in [0.2, 0.25) is 0 Å². The minimum absolute atomic E-state index is 0.217. The predicted octanol–water partition coefficient (Wildman–Crippen LogP) is 4.75. The highest BCUT2D eigenvalue weighted by Crippen LogP contribution is 2.30. The highest BCUT2D eigenvalue weighted by Gasteiger charge is 2.27. The van der Waals surface area contributed by atoms with Gasteiger partial charge in [-0.2, -0.15) is 0 Å². The largest absolute Gasteiger partial charge is 0.493 e. The molecule has 0 unspecified atom stereocenters. The molecule has 0 aliphatic heterocycles. The summed E-state index contributed by atoms with van der Waals surface area (Å²) in [6, 6.07) is 24.4. The van der Waals surface area contributed by atoms with Gasteiger partial charge in [0.25, 0.3) is 0 Å². The lowest BCUT2D eigenvalue weighted by Crippen LogP contribution is -2.51. The molecule has 0 fully saturated rings. The van der Waals surface area contributed by atoms with Crippen molar-refractivity contribution in [1.29, 1.82) is 0 Å². The number of benzene rings is 3. The van der Waals surface area contributed by atoms with Crippen LogP contribution in [0.3, 0.4) is 0 Å². The average molecular weight is 433 g/mol. The number of hydrogen-bond acceptors (Lipinski definition) is 4. The zero-order valence-electron chi connectivity index (χ0n) is 19.0. The third kappa shape index (κ3) is 5.96. The molecule has 0 heterocycles. The first-order chi connectivity index (χ1) is 15.3. The summed E-state index contributed by atoms with van der Waals surface area (Å²) in [4.78, 5) is 12.2. The van der Waals surface area contributed by atoms with Crippen LogP contribution in [-0.4, -0.2) is 29.8 Å². The van der Waals surface area contributed by atoms with Crippen LogP contribution in [-0.2, 0) is 11.2 Å². The second-order valence-corrected chi connectivity index (χ2v) is 8.60. The molecule has 0 saturated carbocycles. The summed E-state index contributed by atoms with van der Waals surface area (Å²) >= 11 is 0. The van der Waals surface area contributed by atoms with Crippen LogP contribution in [0.4, 0.5) is 5.69 Å². The Bertz CT molecular complexity index is 1030. The van der Waals surface area contributed by atoms with E-state index in [1.54, 1.807) is 6.07 Å². The smallest absolute Gasteiger partial charge is 0.246 e. The second kappa shape index (κ2) is 10.4. The molecule has 3 rings (SSSR count). The fourth-order valence-electron chi connectivity index (χ4n) is 3.33. The van der Waals surface area contributed by atoms with Crippen LogP contribution < -0.4 is 15.8 Å². The van der Waals surface area contributed by atoms with Crippen molar-refractivity contribution >= 4 is 11.6 Å². The van der Waals surface area contributed by atoms with E-state index >= 15 is 0 Å². The summed E-state index contributed by atoms with van der Waals surface area (Å²) in [6.07, 6.45) is 0.799.